The number of amides is 1. The molecule has 102 valence electrons. The summed E-state index contributed by atoms with van der Waals surface area (Å²) in [5, 5.41) is 0. The maximum atomic E-state index is 12.3. The fourth-order valence-corrected chi connectivity index (χ4v) is 3.28. The van der Waals surface area contributed by atoms with Gasteiger partial charge < -0.3 is 4.74 Å². The number of carbonyl (C=O) groups is 2. The minimum Gasteiger partial charge on any atom is -0.446 e. The van der Waals surface area contributed by atoms with Crippen LogP contribution in [0.3, 0.4) is 0 Å². The molecule has 6 nitrogen and oxygen atoms in total. The van der Waals surface area contributed by atoms with Crippen LogP contribution < -0.4 is 0 Å². The van der Waals surface area contributed by atoms with E-state index in [2.05, 4.69) is 4.74 Å². The Hall–Kier alpha value is -1.89. The van der Waals surface area contributed by atoms with E-state index in [9.17, 15) is 18.0 Å². The van der Waals surface area contributed by atoms with E-state index in [1.807, 2.05) is 6.92 Å². The van der Waals surface area contributed by atoms with E-state index in [1.165, 1.54) is 19.1 Å². The monoisotopic (exact) mass is 283 g/mol. The number of sulfonamides is 1. The molecule has 0 aliphatic carbocycles. The van der Waals surface area contributed by atoms with Crippen LogP contribution in [0.25, 0.3) is 0 Å². The summed E-state index contributed by atoms with van der Waals surface area (Å²) in [6.45, 7) is 2.81. The van der Waals surface area contributed by atoms with Gasteiger partial charge in [-0.1, -0.05) is 17.7 Å². The second-order valence-electron chi connectivity index (χ2n) is 4.32. The van der Waals surface area contributed by atoms with Crippen LogP contribution in [0.2, 0.25) is 0 Å². The van der Waals surface area contributed by atoms with E-state index >= 15 is 0 Å². The molecule has 1 saturated heterocycles. The van der Waals surface area contributed by atoms with Gasteiger partial charge in [0.05, 0.1) is 4.90 Å². The number of rotatable bonds is 3. The van der Waals surface area contributed by atoms with Crippen LogP contribution >= 0.6 is 0 Å². The van der Waals surface area contributed by atoms with Crippen molar-refractivity contribution in [1.29, 1.82) is 0 Å². The standard InChI is InChI=1S/C12H13NO5S/c1-8-3-5-10(6-4-8)19(16,17)13-11(9(2)14)7-18-12(13)15/h3-6,11H,7H2,1-2H3. The third-order valence-electron chi connectivity index (χ3n) is 2.87. The van der Waals surface area contributed by atoms with E-state index in [0.717, 1.165) is 5.56 Å². The molecule has 1 aliphatic heterocycles. The van der Waals surface area contributed by atoms with Gasteiger partial charge in [0, 0.05) is 0 Å². The Morgan fingerprint density at radius 1 is 1.32 bits per heavy atom. The maximum absolute atomic E-state index is 12.3. The van der Waals surface area contributed by atoms with Crippen LogP contribution in [0.4, 0.5) is 4.79 Å². The van der Waals surface area contributed by atoms with Crippen molar-refractivity contribution in [3.05, 3.63) is 29.8 Å². The molecule has 1 aliphatic rings. The van der Waals surface area contributed by atoms with E-state index < -0.39 is 27.9 Å². The van der Waals surface area contributed by atoms with Crippen molar-refractivity contribution >= 4 is 21.9 Å². The fraction of sp³-hybridized carbons (Fsp3) is 0.333. The van der Waals surface area contributed by atoms with Gasteiger partial charge in [0.2, 0.25) is 0 Å². The quantitative estimate of drug-likeness (QED) is 0.829. The molecule has 0 spiro atoms. The van der Waals surface area contributed by atoms with Gasteiger partial charge in [-0.05, 0) is 26.0 Å². The maximum Gasteiger partial charge on any atom is 0.424 e. The Balaban J connectivity index is 2.46. The van der Waals surface area contributed by atoms with Gasteiger partial charge in [-0.2, -0.15) is 4.31 Å². The highest BCUT2D eigenvalue weighted by atomic mass is 32.2. The van der Waals surface area contributed by atoms with Crippen molar-refractivity contribution in [1.82, 2.24) is 4.31 Å². The number of hydrogen-bond donors (Lipinski definition) is 0. The van der Waals surface area contributed by atoms with Gasteiger partial charge in [0.15, 0.2) is 5.78 Å². The molecule has 1 aromatic carbocycles. The first-order chi connectivity index (χ1) is 8.84. The van der Waals surface area contributed by atoms with Crippen LogP contribution in [0.5, 0.6) is 0 Å². The third-order valence-corrected chi connectivity index (χ3v) is 4.66. The molecule has 1 unspecified atom stereocenters. The lowest BCUT2D eigenvalue weighted by molar-refractivity contribution is -0.119. The van der Waals surface area contributed by atoms with Gasteiger partial charge >= 0.3 is 6.09 Å². The summed E-state index contributed by atoms with van der Waals surface area (Å²) >= 11 is 0. The Morgan fingerprint density at radius 2 is 1.89 bits per heavy atom. The highest BCUT2D eigenvalue weighted by Gasteiger charge is 2.44. The number of ketones is 1. The number of aryl methyl sites for hydroxylation is 1. The predicted molar refractivity (Wildman–Crippen MR) is 66.0 cm³/mol. The summed E-state index contributed by atoms with van der Waals surface area (Å²) in [5.74, 6) is -0.429. The van der Waals surface area contributed by atoms with Crippen molar-refractivity contribution in [3.8, 4) is 0 Å². The van der Waals surface area contributed by atoms with Crippen molar-refractivity contribution in [3.63, 3.8) is 0 Å². The smallest absolute Gasteiger partial charge is 0.424 e. The van der Waals surface area contributed by atoms with Crippen molar-refractivity contribution < 1.29 is 22.7 Å². The van der Waals surface area contributed by atoms with Crippen LogP contribution in [0.15, 0.2) is 29.2 Å². The van der Waals surface area contributed by atoms with Crippen LogP contribution in [0.1, 0.15) is 12.5 Å². The van der Waals surface area contributed by atoms with Gasteiger partial charge in [-0.15, -0.1) is 0 Å². The Bertz CT molecular complexity index is 620. The lowest BCUT2D eigenvalue weighted by atomic mass is 10.2. The van der Waals surface area contributed by atoms with E-state index in [0.29, 0.717) is 4.31 Å². The van der Waals surface area contributed by atoms with E-state index in [4.69, 9.17) is 0 Å². The number of nitrogens with zero attached hydrogens (tertiary/aromatic N) is 1. The normalized spacial score (nSPS) is 19.4. The lowest BCUT2D eigenvalue weighted by Gasteiger charge is -2.19. The Labute approximate surface area is 111 Å². The molecule has 1 amide bonds. The molecule has 0 radical (unpaired) electrons. The molecule has 1 atom stereocenters. The molecule has 19 heavy (non-hydrogen) atoms. The molecule has 1 heterocycles. The zero-order valence-electron chi connectivity index (χ0n) is 10.5. The summed E-state index contributed by atoms with van der Waals surface area (Å²) in [4.78, 5) is 22.9. The number of hydrogen-bond acceptors (Lipinski definition) is 5. The lowest BCUT2D eigenvalue weighted by Crippen LogP contribution is -2.42. The summed E-state index contributed by atoms with van der Waals surface area (Å²) in [6, 6.07) is 4.95. The topological polar surface area (TPSA) is 80.8 Å². The molecule has 0 N–H and O–H groups in total. The number of carbonyl (C=O) groups excluding carboxylic acids is 2. The zero-order chi connectivity index (χ0) is 14.2. The first-order valence-corrected chi connectivity index (χ1v) is 7.06. The number of Topliss-reactive ketones (excluding diaryl/α,β-unsaturated/α-hetero) is 1. The molecule has 7 heteroatoms. The van der Waals surface area contributed by atoms with Gasteiger partial charge in [0.1, 0.15) is 12.6 Å². The molecule has 0 aromatic heterocycles. The molecule has 0 bridgehead atoms. The highest BCUT2D eigenvalue weighted by Crippen LogP contribution is 2.24. The summed E-state index contributed by atoms with van der Waals surface area (Å²) < 4.78 is 29.9. The molecule has 1 aromatic rings. The average Bonchev–Trinajstić information content (AvgIpc) is 2.72. The summed E-state index contributed by atoms with van der Waals surface area (Å²) in [6.07, 6.45) is -1.01. The van der Waals surface area contributed by atoms with Gasteiger partial charge in [-0.3, -0.25) is 4.79 Å². The summed E-state index contributed by atoms with van der Waals surface area (Å²) in [5.41, 5.74) is 0.895. The predicted octanol–water partition coefficient (Wildman–Crippen LogP) is 1.09. The second kappa shape index (κ2) is 4.65. The van der Waals surface area contributed by atoms with Crippen molar-refractivity contribution in [2.45, 2.75) is 24.8 Å². The highest BCUT2D eigenvalue weighted by molar-refractivity contribution is 7.89. The largest absolute Gasteiger partial charge is 0.446 e. The Morgan fingerprint density at radius 3 is 2.42 bits per heavy atom. The third kappa shape index (κ3) is 2.33. The van der Waals surface area contributed by atoms with Gasteiger partial charge in [-0.25, -0.2) is 13.2 Å². The first kappa shape index (κ1) is 13.5. The average molecular weight is 283 g/mol. The first-order valence-electron chi connectivity index (χ1n) is 5.62. The van der Waals surface area contributed by atoms with Crippen molar-refractivity contribution in [2.24, 2.45) is 0 Å². The molecule has 2 rings (SSSR count). The Kier molecular flexibility index (Phi) is 3.32. The van der Waals surface area contributed by atoms with Crippen LogP contribution in [-0.2, 0) is 19.6 Å². The fourth-order valence-electron chi connectivity index (χ4n) is 1.78. The molecule has 1 fully saturated rings. The second-order valence-corrected chi connectivity index (χ2v) is 6.13. The van der Waals surface area contributed by atoms with Crippen LogP contribution in [0, 0.1) is 6.92 Å². The summed E-state index contributed by atoms with van der Waals surface area (Å²) in [7, 11) is -4.06. The number of ether oxygens (including phenoxy) is 1. The van der Waals surface area contributed by atoms with E-state index in [1.54, 1.807) is 12.1 Å². The molecule has 0 saturated carbocycles. The minimum absolute atomic E-state index is 0.0387. The van der Waals surface area contributed by atoms with Crippen molar-refractivity contribution in [2.75, 3.05) is 6.61 Å². The number of benzene rings is 1. The van der Waals surface area contributed by atoms with E-state index in [-0.39, 0.29) is 11.5 Å². The van der Waals surface area contributed by atoms with Gasteiger partial charge in [0.25, 0.3) is 10.0 Å². The van der Waals surface area contributed by atoms with Crippen LogP contribution in [-0.4, -0.2) is 37.2 Å². The SMILES string of the molecule is CC(=O)C1COC(=O)N1S(=O)(=O)c1ccc(C)cc1. The number of cyclic esters (lactones) is 1. The minimum atomic E-state index is -4.06. The molecular weight excluding hydrogens is 270 g/mol. The zero-order valence-corrected chi connectivity index (χ0v) is 11.3. The molecular formula is C12H13NO5S.